The van der Waals surface area contributed by atoms with Crippen LogP contribution < -0.4 is 0 Å². The standard InChI is InChI=1S/C26H32O12/c27-18-16(12-34-24(33)15-9-5-2-6-10-15)37-26(23(32)20(18)29)36-13-17-19(28)21(30)22(31)25(38-17)35-11-14-7-3-1-4-8-14/h1-10,16-23,25-32H,11-13H2/t16-,17-,18-,19-,20+,21+,22-,23-,25-,26-/m1/s1. The van der Waals surface area contributed by atoms with Gasteiger partial charge in [0, 0.05) is 0 Å². The Balaban J connectivity index is 1.33. The van der Waals surface area contributed by atoms with Gasteiger partial charge in [0.2, 0.25) is 0 Å². The summed E-state index contributed by atoms with van der Waals surface area (Å²) >= 11 is 0. The van der Waals surface area contributed by atoms with Gasteiger partial charge in [0.05, 0.1) is 18.8 Å². The molecule has 0 aliphatic carbocycles. The molecule has 0 amide bonds. The number of carbonyl (C=O) groups is 1. The van der Waals surface area contributed by atoms with Gasteiger partial charge in [0.25, 0.3) is 0 Å². The fraction of sp³-hybridized carbons (Fsp3) is 0.500. The maximum Gasteiger partial charge on any atom is 0.338 e. The molecule has 208 valence electrons. The van der Waals surface area contributed by atoms with E-state index in [4.69, 9.17) is 23.7 Å². The summed E-state index contributed by atoms with van der Waals surface area (Å²) in [6.07, 6.45) is -14.9. The average molecular weight is 537 g/mol. The molecular weight excluding hydrogens is 504 g/mol. The Morgan fingerprint density at radius 1 is 0.632 bits per heavy atom. The van der Waals surface area contributed by atoms with E-state index in [1.807, 2.05) is 18.2 Å². The lowest BCUT2D eigenvalue weighted by Crippen LogP contribution is -2.61. The van der Waals surface area contributed by atoms with Gasteiger partial charge in [0.15, 0.2) is 12.6 Å². The highest BCUT2D eigenvalue weighted by Gasteiger charge is 2.47. The maximum absolute atomic E-state index is 12.2. The minimum Gasteiger partial charge on any atom is -0.459 e. The van der Waals surface area contributed by atoms with Gasteiger partial charge >= 0.3 is 5.97 Å². The predicted octanol–water partition coefficient (Wildman–Crippen LogP) is -1.31. The van der Waals surface area contributed by atoms with Gasteiger partial charge < -0.3 is 54.3 Å². The number of ether oxygens (including phenoxy) is 5. The molecule has 0 spiro atoms. The number of hydrogen-bond acceptors (Lipinski definition) is 12. The molecule has 38 heavy (non-hydrogen) atoms. The summed E-state index contributed by atoms with van der Waals surface area (Å²) in [5.74, 6) is -0.674. The van der Waals surface area contributed by atoms with Crippen molar-refractivity contribution >= 4 is 5.97 Å². The van der Waals surface area contributed by atoms with E-state index < -0.39 is 80.6 Å². The first kappa shape index (κ1) is 28.5. The zero-order valence-electron chi connectivity index (χ0n) is 20.3. The fourth-order valence-corrected chi connectivity index (χ4v) is 4.14. The first-order valence-electron chi connectivity index (χ1n) is 12.1. The van der Waals surface area contributed by atoms with Crippen molar-refractivity contribution in [3.8, 4) is 0 Å². The number of carbonyl (C=O) groups excluding carboxylic acids is 1. The van der Waals surface area contributed by atoms with Crippen molar-refractivity contribution in [2.24, 2.45) is 0 Å². The predicted molar refractivity (Wildman–Crippen MR) is 127 cm³/mol. The van der Waals surface area contributed by atoms with E-state index in [2.05, 4.69) is 0 Å². The van der Waals surface area contributed by atoms with E-state index in [0.717, 1.165) is 5.56 Å². The molecule has 4 rings (SSSR count). The Labute approximate surface area is 218 Å². The number of benzene rings is 2. The quantitative estimate of drug-likeness (QED) is 0.208. The monoisotopic (exact) mass is 536 g/mol. The van der Waals surface area contributed by atoms with Gasteiger partial charge in [-0.1, -0.05) is 48.5 Å². The van der Waals surface area contributed by atoms with E-state index >= 15 is 0 Å². The van der Waals surface area contributed by atoms with Crippen LogP contribution in [0.2, 0.25) is 0 Å². The molecule has 2 fully saturated rings. The number of hydrogen-bond donors (Lipinski definition) is 6. The summed E-state index contributed by atoms with van der Waals surface area (Å²) in [5, 5.41) is 61.9. The normalized spacial score (nSPS) is 35.5. The van der Waals surface area contributed by atoms with E-state index in [0.29, 0.717) is 0 Å². The Morgan fingerprint density at radius 3 is 1.71 bits per heavy atom. The Bertz CT molecular complexity index is 1010. The minimum atomic E-state index is -1.69. The highest BCUT2D eigenvalue weighted by Crippen LogP contribution is 2.26. The van der Waals surface area contributed by atoms with E-state index in [9.17, 15) is 35.4 Å². The average Bonchev–Trinajstić information content (AvgIpc) is 2.95. The second-order valence-electron chi connectivity index (χ2n) is 9.12. The minimum absolute atomic E-state index is 0.0663. The lowest BCUT2D eigenvalue weighted by atomic mass is 9.98. The van der Waals surface area contributed by atoms with E-state index in [1.54, 1.807) is 42.5 Å². The second kappa shape index (κ2) is 13.0. The molecule has 2 aromatic rings. The van der Waals surface area contributed by atoms with Crippen molar-refractivity contribution in [2.75, 3.05) is 13.2 Å². The van der Waals surface area contributed by atoms with Crippen LogP contribution >= 0.6 is 0 Å². The summed E-state index contributed by atoms with van der Waals surface area (Å²) in [6, 6.07) is 17.2. The van der Waals surface area contributed by atoms with Crippen LogP contribution in [0, 0.1) is 0 Å². The van der Waals surface area contributed by atoms with Gasteiger partial charge in [-0.15, -0.1) is 0 Å². The maximum atomic E-state index is 12.2. The van der Waals surface area contributed by atoms with Crippen molar-refractivity contribution in [2.45, 2.75) is 68.0 Å². The molecule has 0 saturated carbocycles. The Kier molecular flexibility index (Phi) is 9.79. The number of aliphatic hydroxyl groups is 6. The van der Waals surface area contributed by atoms with Gasteiger partial charge in [-0.25, -0.2) is 4.79 Å². The number of rotatable bonds is 9. The van der Waals surface area contributed by atoms with Crippen molar-refractivity contribution in [3.63, 3.8) is 0 Å². The smallest absolute Gasteiger partial charge is 0.338 e. The zero-order chi connectivity index (χ0) is 27.2. The fourth-order valence-electron chi connectivity index (χ4n) is 4.14. The molecule has 12 heteroatoms. The molecule has 2 aliphatic rings. The van der Waals surface area contributed by atoms with Crippen molar-refractivity contribution in [3.05, 3.63) is 71.8 Å². The van der Waals surface area contributed by atoms with Gasteiger partial charge in [-0.3, -0.25) is 0 Å². The molecule has 10 atom stereocenters. The zero-order valence-corrected chi connectivity index (χ0v) is 20.3. The first-order chi connectivity index (χ1) is 18.3. The highest BCUT2D eigenvalue weighted by atomic mass is 16.7. The highest BCUT2D eigenvalue weighted by molar-refractivity contribution is 5.89. The van der Waals surface area contributed by atoms with Crippen LogP contribution in [0.1, 0.15) is 15.9 Å². The third-order valence-electron chi connectivity index (χ3n) is 6.41. The summed E-state index contributed by atoms with van der Waals surface area (Å²) in [7, 11) is 0. The van der Waals surface area contributed by atoms with Gasteiger partial charge in [-0.2, -0.15) is 0 Å². The molecule has 2 aromatic carbocycles. The third-order valence-corrected chi connectivity index (χ3v) is 6.41. The van der Waals surface area contributed by atoms with Crippen LogP contribution in [0.15, 0.2) is 60.7 Å². The Morgan fingerprint density at radius 2 is 1.13 bits per heavy atom. The van der Waals surface area contributed by atoms with Crippen LogP contribution in [-0.2, 0) is 30.3 Å². The summed E-state index contributed by atoms with van der Waals surface area (Å²) in [4.78, 5) is 12.2. The summed E-state index contributed by atoms with van der Waals surface area (Å²) < 4.78 is 27.4. The largest absolute Gasteiger partial charge is 0.459 e. The molecule has 0 bridgehead atoms. The first-order valence-corrected chi connectivity index (χ1v) is 12.1. The molecule has 2 heterocycles. The van der Waals surface area contributed by atoms with Crippen LogP contribution in [0.5, 0.6) is 0 Å². The molecule has 0 radical (unpaired) electrons. The molecule has 2 aliphatic heterocycles. The van der Waals surface area contributed by atoms with Crippen LogP contribution in [-0.4, -0.2) is 111 Å². The van der Waals surface area contributed by atoms with Crippen LogP contribution in [0.25, 0.3) is 0 Å². The molecular formula is C26H32O12. The number of aliphatic hydroxyl groups excluding tert-OH is 6. The molecule has 2 saturated heterocycles. The second-order valence-corrected chi connectivity index (χ2v) is 9.12. The molecule has 0 aromatic heterocycles. The van der Waals surface area contributed by atoms with E-state index in [1.165, 1.54) is 0 Å². The van der Waals surface area contributed by atoms with Gasteiger partial charge in [-0.05, 0) is 17.7 Å². The molecule has 0 unspecified atom stereocenters. The SMILES string of the molecule is O=C(OC[C@H]1O[C@@H](OC[C@H]2O[C@@H](OCc3ccccc3)[C@H](O)[C@@H](O)[C@@H]2O)[C@H](O)[C@@H](O)[C@@H]1O)c1ccccc1. The summed E-state index contributed by atoms with van der Waals surface area (Å²) in [6.45, 7) is -0.824. The van der Waals surface area contributed by atoms with E-state index in [-0.39, 0.29) is 12.2 Å². The van der Waals surface area contributed by atoms with Crippen molar-refractivity contribution in [1.82, 2.24) is 0 Å². The Hall–Kier alpha value is -2.49. The third kappa shape index (κ3) is 6.74. The van der Waals surface area contributed by atoms with Crippen molar-refractivity contribution < 1.29 is 59.1 Å². The topological polar surface area (TPSA) is 185 Å². The lowest BCUT2D eigenvalue weighted by molar-refractivity contribution is -0.332. The van der Waals surface area contributed by atoms with Crippen molar-refractivity contribution in [1.29, 1.82) is 0 Å². The molecule has 12 nitrogen and oxygen atoms in total. The van der Waals surface area contributed by atoms with Gasteiger partial charge in [0.1, 0.15) is 55.4 Å². The lowest BCUT2D eigenvalue weighted by Gasteiger charge is -2.42. The molecule has 6 N–H and O–H groups in total. The summed E-state index contributed by atoms with van der Waals surface area (Å²) in [5.41, 5.74) is 1.07. The number of esters is 1. The van der Waals surface area contributed by atoms with Crippen LogP contribution in [0.3, 0.4) is 0 Å². The van der Waals surface area contributed by atoms with Crippen LogP contribution in [0.4, 0.5) is 0 Å².